The van der Waals surface area contributed by atoms with E-state index in [1.54, 1.807) is 6.07 Å². The molecule has 27 heavy (non-hydrogen) atoms. The highest BCUT2D eigenvalue weighted by molar-refractivity contribution is 5.92. The Morgan fingerprint density at radius 1 is 1.30 bits per heavy atom. The Labute approximate surface area is 156 Å². The summed E-state index contributed by atoms with van der Waals surface area (Å²) in [5.74, 6) is -0.850. The molecule has 1 saturated carbocycles. The van der Waals surface area contributed by atoms with E-state index in [-0.39, 0.29) is 28.9 Å². The van der Waals surface area contributed by atoms with Crippen molar-refractivity contribution in [3.05, 3.63) is 47.7 Å². The highest BCUT2D eigenvalue weighted by atomic mass is 19.1. The van der Waals surface area contributed by atoms with E-state index >= 15 is 0 Å². The van der Waals surface area contributed by atoms with Crippen LogP contribution in [0.4, 0.5) is 15.9 Å². The second-order valence-corrected chi connectivity index (χ2v) is 6.58. The fourth-order valence-electron chi connectivity index (χ4n) is 3.15. The summed E-state index contributed by atoms with van der Waals surface area (Å²) in [7, 11) is 0. The molecule has 0 spiro atoms. The van der Waals surface area contributed by atoms with Crippen LogP contribution in [-0.2, 0) is 6.61 Å². The Kier molecular flexibility index (Phi) is 5.94. The van der Waals surface area contributed by atoms with Crippen molar-refractivity contribution in [2.45, 2.75) is 44.4 Å². The van der Waals surface area contributed by atoms with Crippen molar-refractivity contribution in [1.29, 1.82) is 0 Å². The number of carbonyl (C=O) groups is 1. The molecule has 0 bridgehead atoms. The first-order valence-electron chi connectivity index (χ1n) is 8.82. The van der Waals surface area contributed by atoms with E-state index < -0.39 is 18.3 Å². The molecule has 0 aromatic carbocycles. The maximum Gasteiger partial charge on any atom is 0.250 e. The smallest absolute Gasteiger partial charge is 0.250 e. The lowest BCUT2D eigenvalue weighted by Crippen LogP contribution is -2.53. The first-order valence-corrected chi connectivity index (χ1v) is 8.82. The van der Waals surface area contributed by atoms with E-state index in [9.17, 15) is 14.3 Å². The summed E-state index contributed by atoms with van der Waals surface area (Å²) in [6.45, 7) is -0.475. The third-order valence-electron chi connectivity index (χ3n) is 4.72. The number of carbonyl (C=O) groups excluding carboxylic acids is 1. The summed E-state index contributed by atoms with van der Waals surface area (Å²) >= 11 is 0. The molecule has 144 valence electrons. The molecule has 2 aromatic rings. The zero-order valence-electron chi connectivity index (χ0n) is 14.8. The van der Waals surface area contributed by atoms with Crippen LogP contribution in [0.25, 0.3) is 0 Å². The van der Waals surface area contributed by atoms with Gasteiger partial charge in [0.05, 0.1) is 18.4 Å². The third-order valence-corrected chi connectivity index (χ3v) is 4.72. The Morgan fingerprint density at radius 3 is 2.70 bits per heavy atom. The number of halogens is 1. The molecule has 6 N–H and O–H groups in total. The van der Waals surface area contributed by atoms with Crippen LogP contribution in [0, 0.1) is 5.82 Å². The van der Waals surface area contributed by atoms with Gasteiger partial charge in [-0.15, -0.1) is 0 Å². The van der Waals surface area contributed by atoms with Gasteiger partial charge in [0.25, 0.3) is 0 Å². The van der Waals surface area contributed by atoms with E-state index in [4.69, 9.17) is 11.5 Å². The van der Waals surface area contributed by atoms with Crippen molar-refractivity contribution in [2.75, 3.05) is 5.01 Å². The molecule has 0 saturated heterocycles. The summed E-state index contributed by atoms with van der Waals surface area (Å²) in [6, 6.07) is 2.92. The molecule has 2 unspecified atom stereocenters. The molecule has 8 nitrogen and oxygen atoms in total. The quantitative estimate of drug-likeness (QED) is 0.557. The van der Waals surface area contributed by atoms with E-state index in [0.717, 1.165) is 25.7 Å². The predicted octanol–water partition coefficient (Wildman–Crippen LogP) is 1.12. The minimum absolute atomic E-state index is 0.0704. The van der Waals surface area contributed by atoms with Gasteiger partial charge in [-0.1, -0.05) is 12.8 Å². The van der Waals surface area contributed by atoms with Gasteiger partial charge in [-0.3, -0.25) is 14.8 Å². The Balaban J connectivity index is 1.99. The number of hydrazine groups is 1. The standard InChI is InChI=1S/C18H23FN6O2/c19-17-12(10-26)7-22-9-15(17)25(24-14-4-2-1-3-13(14)20)16-6-5-11(8-23-16)18(21)27/h5-9,13-14,24,26H,1-4,10,20H2,(H2,21,27). The molecule has 9 heteroatoms. The number of amides is 1. The zero-order chi connectivity index (χ0) is 19.4. The Morgan fingerprint density at radius 2 is 2.07 bits per heavy atom. The van der Waals surface area contributed by atoms with Crippen molar-refractivity contribution >= 4 is 17.4 Å². The topological polar surface area (TPSA) is 130 Å². The average Bonchev–Trinajstić information content (AvgIpc) is 2.68. The van der Waals surface area contributed by atoms with Crippen molar-refractivity contribution in [3.63, 3.8) is 0 Å². The number of aliphatic hydroxyl groups is 1. The van der Waals surface area contributed by atoms with Gasteiger partial charge in [0.15, 0.2) is 5.82 Å². The van der Waals surface area contributed by atoms with E-state index in [2.05, 4.69) is 15.4 Å². The normalized spacial score (nSPS) is 19.7. The van der Waals surface area contributed by atoms with Crippen LogP contribution < -0.4 is 21.9 Å². The highest BCUT2D eigenvalue weighted by Gasteiger charge is 2.27. The lowest BCUT2D eigenvalue weighted by molar-refractivity contribution is 0.1000. The number of anilines is 2. The second kappa shape index (κ2) is 8.38. The number of pyridine rings is 2. The molecular formula is C18H23FN6O2. The number of rotatable bonds is 6. The molecule has 0 aliphatic heterocycles. The summed E-state index contributed by atoms with van der Waals surface area (Å²) in [5.41, 5.74) is 15.2. The zero-order valence-corrected chi connectivity index (χ0v) is 14.8. The van der Waals surface area contributed by atoms with Crippen LogP contribution in [0.15, 0.2) is 30.7 Å². The van der Waals surface area contributed by atoms with E-state index in [1.165, 1.54) is 29.7 Å². The predicted molar refractivity (Wildman–Crippen MR) is 98.4 cm³/mol. The molecule has 1 amide bonds. The molecule has 2 heterocycles. The van der Waals surface area contributed by atoms with Crippen LogP contribution >= 0.6 is 0 Å². The van der Waals surface area contributed by atoms with Crippen molar-refractivity contribution < 1.29 is 14.3 Å². The first-order chi connectivity index (χ1) is 13.0. The fourth-order valence-corrected chi connectivity index (χ4v) is 3.15. The van der Waals surface area contributed by atoms with Gasteiger partial charge >= 0.3 is 0 Å². The number of aromatic nitrogens is 2. The fraction of sp³-hybridized carbons (Fsp3) is 0.389. The minimum Gasteiger partial charge on any atom is -0.392 e. The molecular weight excluding hydrogens is 351 g/mol. The molecule has 2 atom stereocenters. The number of aliphatic hydroxyl groups excluding tert-OH is 1. The molecule has 1 aliphatic carbocycles. The van der Waals surface area contributed by atoms with Gasteiger partial charge in [-0.2, -0.15) is 0 Å². The highest BCUT2D eigenvalue weighted by Crippen LogP contribution is 2.28. The summed E-state index contributed by atoms with van der Waals surface area (Å²) in [6.07, 6.45) is 7.73. The molecule has 2 aromatic heterocycles. The third kappa shape index (κ3) is 4.21. The number of hydrogen-bond donors (Lipinski definition) is 4. The Hall–Kier alpha value is -2.62. The summed E-state index contributed by atoms with van der Waals surface area (Å²) in [5, 5.41) is 10.8. The maximum absolute atomic E-state index is 14.9. The van der Waals surface area contributed by atoms with Gasteiger partial charge in [0.1, 0.15) is 11.5 Å². The number of nitrogens with zero attached hydrogens (tertiary/aromatic N) is 3. The van der Waals surface area contributed by atoms with Gasteiger partial charge in [0.2, 0.25) is 5.91 Å². The number of hydrogen-bond acceptors (Lipinski definition) is 7. The van der Waals surface area contributed by atoms with E-state index in [0.29, 0.717) is 5.82 Å². The molecule has 1 aliphatic rings. The van der Waals surface area contributed by atoms with Crippen LogP contribution in [-0.4, -0.2) is 33.1 Å². The van der Waals surface area contributed by atoms with Crippen LogP contribution in [0.1, 0.15) is 41.6 Å². The van der Waals surface area contributed by atoms with Crippen LogP contribution in [0.2, 0.25) is 0 Å². The van der Waals surface area contributed by atoms with Gasteiger partial charge in [0, 0.05) is 30.0 Å². The molecule has 1 fully saturated rings. The van der Waals surface area contributed by atoms with Crippen LogP contribution in [0.5, 0.6) is 0 Å². The lowest BCUT2D eigenvalue weighted by Gasteiger charge is -2.35. The average molecular weight is 374 g/mol. The van der Waals surface area contributed by atoms with Crippen LogP contribution in [0.3, 0.4) is 0 Å². The van der Waals surface area contributed by atoms with Gasteiger partial charge in [-0.05, 0) is 25.0 Å². The van der Waals surface area contributed by atoms with Crippen molar-refractivity contribution in [3.8, 4) is 0 Å². The summed E-state index contributed by atoms with van der Waals surface area (Å²) < 4.78 is 14.9. The lowest BCUT2D eigenvalue weighted by atomic mass is 9.91. The minimum atomic E-state index is -0.606. The number of nitrogens with one attached hydrogen (secondary N) is 1. The Bertz CT molecular complexity index is 801. The van der Waals surface area contributed by atoms with Crippen molar-refractivity contribution in [1.82, 2.24) is 15.4 Å². The largest absolute Gasteiger partial charge is 0.392 e. The van der Waals surface area contributed by atoms with E-state index in [1.807, 2.05) is 0 Å². The monoisotopic (exact) mass is 374 g/mol. The van der Waals surface area contributed by atoms with Gasteiger partial charge < -0.3 is 16.6 Å². The SMILES string of the molecule is NC(=O)c1ccc(N(NC2CCCCC2N)c2cncc(CO)c2F)nc1. The molecule has 0 radical (unpaired) electrons. The van der Waals surface area contributed by atoms with Crippen molar-refractivity contribution in [2.24, 2.45) is 11.5 Å². The van der Waals surface area contributed by atoms with Gasteiger partial charge in [-0.25, -0.2) is 14.8 Å². The number of primary amides is 1. The molecule has 3 rings (SSSR count). The second-order valence-electron chi connectivity index (χ2n) is 6.58. The first kappa shape index (κ1) is 19.2. The summed E-state index contributed by atoms with van der Waals surface area (Å²) in [4.78, 5) is 19.5. The maximum atomic E-state index is 14.9. The number of nitrogens with two attached hydrogens (primary N) is 2.